The number of hydrogen-bond acceptors (Lipinski definition) is 2. The van der Waals surface area contributed by atoms with Crippen LogP contribution in [-0.4, -0.2) is 16.3 Å². The van der Waals surface area contributed by atoms with Crippen molar-refractivity contribution in [2.24, 2.45) is 5.92 Å². The van der Waals surface area contributed by atoms with Gasteiger partial charge < -0.3 is 5.32 Å². The number of halogens is 2. The minimum atomic E-state index is 0.629. The van der Waals surface area contributed by atoms with Crippen molar-refractivity contribution in [3.05, 3.63) is 46.2 Å². The van der Waals surface area contributed by atoms with Crippen molar-refractivity contribution < 1.29 is 0 Å². The van der Waals surface area contributed by atoms with Crippen molar-refractivity contribution in [2.75, 3.05) is 6.54 Å². The molecule has 5 heteroatoms. The lowest BCUT2D eigenvalue weighted by Gasteiger charge is -2.06. The zero-order valence-corrected chi connectivity index (χ0v) is 12.5. The van der Waals surface area contributed by atoms with E-state index in [1.165, 1.54) is 0 Å². The molecule has 1 aromatic heterocycles. The summed E-state index contributed by atoms with van der Waals surface area (Å²) in [5.74, 6) is 0.629. The first-order chi connectivity index (χ1) is 9.06. The van der Waals surface area contributed by atoms with Crippen LogP contribution in [0.3, 0.4) is 0 Å². The van der Waals surface area contributed by atoms with E-state index in [1.54, 1.807) is 16.8 Å². The molecule has 3 nitrogen and oxygen atoms in total. The normalized spacial score (nSPS) is 11.2. The van der Waals surface area contributed by atoms with Crippen molar-refractivity contribution in [1.29, 1.82) is 0 Å². The summed E-state index contributed by atoms with van der Waals surface area (Å²) in [4.78, 5) is 0. The molecular weight excluding hydrogens is 281 g/mol. The standard InChI is InChI=1S/C14H17Cl2N3/c1-10(2)8-17-9-12-5-6-19(18-12)14-7-11(15)3-4-13(14)16/h3-7,10,17H,8-9H2,1-2H3. The molecule has 1 aromatic carbocycles. The second kappa shape index (κ2) is 6.42. The number of nitrogens with zero attached hydrogens (tertiary/aromatic N) is 2. The highest BCUT2D eigenvalue weighted by molar-refractivity contribution is 6.34. The first-order valence-corrected chi connectivity index (χ1v) is 7.02. The molecule has 0 amide bonds. The van der Waals surface area contributed by atoms with Crippen molar-refractivity contribution >= 4 is 23.2 Å². The maximum atomic E-state index is 6.15. The smallest absolute Gasteiger partial charge is 0.0846 e. The summed E-state index contributed by atoms with van der Waals surface area (Å²) in [6.45, 7) is 6.09. The Hall–Kier alpha value is -1.03. The minimum Gasteiger partial charge on any atom is -0.311 e. The van der Waals surface area contributed by atoms with Gasteiger partial charge in [-0.3, -0.25) is 0 Å². The zero-order valence-electron chi connectivity index (χ0n) is 11.0. The van der Waals surface area contributed by atoms with E-state index in [0.717, 1.165) is 24.5 Å². The third-order valence-corrected chi connectivity index (χ3v) is 3.21. The van der Waals surface area contributed by atoms with E-state index < -0.39 is 0 Å². The Balaban J connectivity index is 2.10. The van der Waals surface area contributed by atoms with Crippen LogP contribution in [0.25, 0.3) is 5.69 Å². The molecule has 0 unspecified atom stereocenters. The highest BCUT2D eigenvalue weighted by Crippen LogP contribution is 2.23. The van der Waals surface area contributed by atoms with E-state index in [-0.39, 0.29) is 0 Å². The largest absolute Gasteiger partial charge is 0.311 e. The Morgan fingerprint density at radius 2 is 2.05 bits per heavy atom. The summed E-state index contributed by atoms with van der Waals surface area (Å²) in [7, 11) is 0. The topological polar surface area (TPSA) is 29.9 Å². The molecule has 0 aliphatic heterocycles. The molecule has 0 saturated heterocycles. The number of benzene rings is 1. The third-order valence-electron chi connectivity index (χ3n) is 2.66. The number of rotatable bonds is 5. The fourth-order valence-electron chi connectivity index (χ4n) is 1.74. The van der Waals surface area contributed by atoms with Crippen molar-refractivity contribution in [3.8, 4) is 5.69 Å². The van der Waals surface area contributed by atoms with Crippen molar-refractivity contribution in [3.63, 3.8) is 0 Å². The van der Waals surface area contributed by atoms with Crippen LogP contribution < -0.4 is 5.32 Å². The highest BCUT2D eigenvalue weighted by Gasteiger charge is 2.06. The van der Waals surface area contributed by atoms with Crippen LogP contribution >= 0.6 is 23.2 Å². The number of nitrogens with one attached hydrogen (secondary N) is 1. The van der Waals surface area contributed by atoms with Crippen LogP contribution in [-0.2, 0) is 6.54 Å². The van der Waals surface area contributed by atoms with Gasteiger partial charge in [-0.25, -0.2) is 4.68 Å². The van der Waals surface area contributed by atoms with Gasteiger partial charge in [0.25, 0.3) is 0 Å². The third kappa shape index (κ3) is 3.96. The second-order valence-corrected chi connectivity index (χ2v) is 5.72. The van der Waals surface area contributed by atoms with Gasteiger partial charge in [-0.2, -0.15) is 5.10 Å². The van der Waals surface area contributed by atoms with Gasteiger partial charge in [-0.1, -0.05) is 37.0 Å². The van der Waals surface area contributed by atoms with Gasteiger partial charge in [0.15, 0.2) is 0 Å². The van der Waals surface area contributed by atoms with Crippen LogP contribution in [0.1, 0.15) is 19.5 Å². The number of hydrogen-bond donors (Lipinski definition) is 1. The molecule has 0 fully saturated rings. The van der Waals surface area contributed by atoms with Crippen molar-refractivity contribution in [2.45, 2.75) is 20.4 Å². The summed E-state index contributed by atoms with van der Waals surface area (Å²) in [5.41, 5.74) is 1.78. The second-order valence-electron chi connectivity index (χ2n) is 4.87. The molecule has 1 heterocycles. The molecule has 2 aromatic rings. The average molecular weight is 298 g/mol. The zero-order chi connectivity index (χ0) is 13.8. The van der Waals surface area contributed by atoms with Crippen LogP contribution in [0.2, 0.25) is 10.0 Å². The summed E-state index contributed by atoms with van der Waals surface area (Å²) in [6.07, 6.45) is 1.89. The number of aromatic nitrogens is 2. The Morgan fingerprint density at radius 3 is 2.79 bits per heavy atom. The van der Waals surface area contributed by atoms with E-state index in [1.807, 2.05) is 18.3 Å². The Labute approximate surface area is 123 Å². The monoisotopic (exact) mass is 297 g/mol. The van der Waals surface area contributed by atoms with E-state index in [2.05, 4.69) is 24.3 Å². The van der Waals surface area contributed by atoms with Crippen LogP contribution in [0, 0.1) is 5.92 Å². The molecule has 19 heavy (non-hydrogen) atoms. The molecule has 0 aliphatic carbocycles. The van der Waals surface area contributed by atoms with E-state index in [9.17, 15) is 0 Å². The molecule has 0 bridgehead atoms. The highest BCUT2D eigenvalue weighted by atomic mass is 35.5. The van der Waals surface area contributed by atoms with Gasteiger partial charge in [-0.05, 0) is 36.7 Å². The Morgan fingerprint density at radius 1 is 1.26 bits per heavy atom. The fraction of sp³-hybridized carbons (Fsp3) is 0.357. The van der Waals surface area contributed by atoms with E-state index in [4.69, 9.17) is 23.2 Å². The van der Waals surface area contributed by atoms with E-state index in [0.29, 0.717) is 16.0 Å². The quantitative estimate of drug-likeness (QED) is 0.906. The molecule has 0 saturated carbocycles. The van der Waals surface area contributed by atoms with Gasteiger partial charge in [0.1, 0.15) is 0 Å². The first-order valence-electron chi connectivity index (χ1n) is 6.27. The van der Waals surface area contributed by atoms with Gasteiger partial charge in [-0.15, -0.1) is 0 Å². The SMILES string of the molecule is CC(C)CNCc1ccn(-c2cc(Cl)ccc2Cl)n1. The molecule has 0 aliphatic rings. The Bertz CT molecular complexity index is 549. The lowest BCUT2D eigenvalue weighted by molar-refractivity contribution is 0.546. The van der Waals surface area contributed by atoms with Gasteiger partial charge in [0.05, 0.1) is 16.4 Å². The summed E-state index contributed by atoms with van der Waals surface area (Å²) in [6, 6.07) is 7.33. The lowest BCUT2D eigenvalue weighted by Crippen LogP contribution is -2.19. The predicted octanol–water partition coefficient (Wildman–Crippen LogP) is 3.92. The molecule has 0 spiro atoms. The fourth-order valence-corrected chi connectivity index (χ4v) is 2.11. The van der Waals surface area contributed by atoms with Crippen molar-refractivity contribution in [1.82, 2.24) is 15.1 Å². The average Bonchev–Trinajstić information content (AvgIpc) is 2.80. The summed E-state index contributed by atoms with van der Waals surface area (Å²) in [5, 5.41) is 9.13. The molecule has 2 rings (SSSR count). The predicted molar refractivity (Wildman–Crippen MR) is 80.1 cm³/mol. The van der Waals surface area contributed by atoms with E-state index >= 15 is 0 Å². The molecule has 0 atom stereocenters. The summed E-state index contributed by atoms with van der Waals surface area (Å²) < 4.78 is 1.75. The molecular formula is C14H17Cl2N3. The summed E-state index contributed by atoms with van der Waals surface area (Å²) >= 11 is 12.1. The van der Waals surface area contributed by atoms with Crippen LogP contribution in [0.15, 0.2) is 30.5 Å². The van der Waals surface area contributed by atoms with Crippen LogP contribution in [0.4, 0.5) is 0 Å². The van der Waals surface area contributed by atoms with Gasteiger partial charge in [0, 0.05) is 17.8 Å². The maximum Gasteiger partial charge on any atom is 0.0846 e. The molecule has 0 radical (unpaired) electrons. The van der Waals surface area contributed by atoms with Gasteiger partial charge in [0.2, 0.25) is 0 Å². The lowest BCUT2D eigenvalue weighted by atomic mass is 10.2. The minimum absolute atomic E-state index is 0.629. The first kappa shape index (κ1) is 14.4. The van der Waals surface area contributed by atoms with Crippen LogP contribution in [0.5, 0.6) is 0 Å². The maximum absolute atomic E-state index is 6.15. The van der Waals surface area contributed by atoms with Gasteiger partial charge >= 0.3 is 0 Å². The molecule has 1 N–H and O–H groups in total. The Kier molecular flexibility index (Phi) is 4.86. The molecule has 102 valence electrons.